The Hall–Kier alpha value is -1.05. The van der Waals surface area contributed by atoms with E-state index in [4.69, 9.17) is 4.52 Å². The van der Waals surface area contributed by atoms with Gasteiger partial charge in [-0.2, -0.15) is 11.8 Å². The fourth-order valence-electron chi connectivity index (χ4n) is 2.96. The van der Waals surface area contributed by atoms with E-state index in [0.29, 0.717) is 12.5 Å². The Labute approximate surface area is 135 Å². The number of thioether (sulfide) groups is 1. The van der Waals surface area contributed by atoms with E-state index in [9.17, 15) is 4.79 Å². The summed E-state index contributed by atoms with van der Waals surface area (Å²) in [5, 5.41) is 7.35. The van der Waals surface area contributed by atoms with Crippen LogP contribution in [0.5, 0.6) is 0 Å². The van der Waals surface area contributed by atoms with Gasteiger partial charge >= 0.3 is 0 Å². The van der Waals surface area contributed by atoms with Crippen LogP contribution in [0.2, 0.25) is 0 Å². The molecule has 2 aliphatic heterocycles. The van der Waals surface area contributed by atoms with Crippen molar-refractivity contribution < 1.29 is 9.32 Å². The third kappa shape index (κ3) is 4.24. The summed E-state index contributed by atoms with van der Waals surface area (Å²) in [5.41, 5.74) is 0.918. The van der Waals surface area contributed by atoms with Gasteiger partial charge in [0.15, 0.2) is 5.76 Å². The molecule has 0 aromatic carbocycles. The summed E-state index contributed by atoms with van der Waals surface area (Å²) in [5.74, 6) is 3.40. The molecule has 1 amide bonds. The average molecular weight is 324 g/mol. The second-order valence-electron chi connectivity index (χ2n) is 6.02. The van der Waals surface area contributed by atoms with Crippen LogP contribution >= 0.6 is 11.8 Å². The minimum Gasteiger partial charge on any atom is -0.360 e. The molecule has 1 unspecified atom stereocenters. The number of hydrogen-bond acceptors (Lipinski definition) is 6. The second kappa shape index (κ2) is 7.48. The van der Waals surface area contributed by atoms with Crippen molar-refractivity contribution in [2.45, 2.75) is 25.9 Å². The standard InChI is InChI=1S/C15H24N4O2S/c1-12-8-14(21-17-12)10-18-3-5-19(6-4-18)15(20)9-13-11-22-7-2-16-13/h8,13,16H,2-7,9-11H2,1H3. The highest BCUT2D eigenvalue weighted by Crippen LogP contribution is 2.14. The Bertz CT molecular complexity index is 493. The lowest BCUT2D eigenvalue weighted by Crippen LogP contribution is -2.50. The summed E-state index contributed by atoms with van der Waals surface area (Å²) in [4.78, 5) is 16.7. The van der Waals surface area contributed by atoms with Gasteiger partial charge < -0.3 is 14.7 Å². The molecular formula is C15H24N4O2S. The summed E-state index contributed by atoms with van der Waals surface area (Å²) >= 11 is 1.94. The fraction of sp³-hybridized carbons (Fsp3) is 0.733. The van der Waals surface area contributed by atoms with Gasteiger partial charge in [0.25, 0.3) is 0 Å². The highest BCUT2D eigenvalue weighted by Gasteiger charge is 2.24. The molecule has 0 saturated carbocycles. The number of piperazine rings is 1. The van der Waals surface area contributed by atoms with Gasteiger partial charge in [-0.25, -0.2) is 0 Å². The molecule has 1 aromatic rings. The van der Waals surface area contributed by atoms with Crippen molar-refractivity contribution in [1.29, 1.82) is 0 Å². The van der Waals surface area contributed by atoms with Crippen molar-refractivity contribution in [2.24, 2.45) is 0 Å². The van der Waals surface area contributed by atoms with Gasteiger partial charge in [0, 0.05) is 62.8 Å². The third-order valence-electron chi connectivity index (χ3n) is 4.20. The van der Waals surface area contributed by atoms with Crippen LogP contribution < -0.4 is 5.32 Å². The normalized spacial score (nSPS) is 23.7. The molecule has 6 nitrogen and oxygen atoms in total. The van der Waals surface area contributed by atoms with Crippen molar-refractivity contribution >= 4 is 17.7 Å². The van der Waals surface area contributed by atoms with Gasteiger partial charge in [-0.05, 0) is 6.92 Å². The lowest BCUT2D eigenvalue weighted by Gasteiger charge is -2.35. The third-order valence-corrected chi connectivity index (χ3v) is 5.33. The molecule has 1 N–H and O–H groups in total. The highest BCUT2D eigenvalue weighted by atomic mass is 32.2. The Morgan fingerprint density at radius 1 is 1.45 bits per heavy atom. The maximum absolute atomic E-state index is 12.4. The minimum absolute atomic E-state index is 0.287. The molecule has 0 aliphatic carbocycles. The molecule has 2 fully saturated rings. The van der Waals surface area contributed by atoms with Crippen LogP contribution in [0.4, 0.5) is 0 Å². The quantitative estimate of drug-likeness (QED) is 0.881. The molecule has 22 heavy (non-hydrogen) atoms. The van der Waals surface area contributed by atoms with Crippen LogP contribution in [0, 0.1) is 6.92 Å². The van der Waals surface area contributed by atoms with Crippen molar-refractivity contribution in [3.63, 3.8) is 0 Å². The molecule has 2 saturated heterocycles. The van der Waals surface area contributed by atoms with E-state index in [-0.39, 0.29) is 5.91 Å². The van der Waals surface area contributed by atoms with Gasteiger partial charge in [0.2, 0.25) is 5.91 Å². The van der Waals surface area contributed by atoms with E-state index < -0.39 is 0 Å². The summed E-state index contributed by atoms with van der Waals surface area (Å²) in [6, 6.07) is 2.32. The average Bonchev–Trinajstić information content (AvgIpc) is 2.94. The number of carbonyl (C=O) groups is 1. The van der Waals surface area contributed by atoms with Crippen molar-refractivity contribution in [3.05, 3.63) is 17.5 Å². The van der Waals surface area contributed by atoms with Crippen LogP contribution in [0.1, 0.15) is 17.9 Å². The zero-order chi connectivity index (χ0) is 15.4. The molecule has 3 heterocycles. The van der Waals surface area contributed by atoms with Gasteiger partial charge in [0.1, 0.15) is 0 Å². The number of rotatable bonds is 4. The molecule has 0 radical (unpaired) electrons. The SMILES string of the molecule is Cc1cc(CN2CCN(C(=O)CC3CSCCN3)CC2)on1. The second-order valence-corrected chi connectivity index (χ2v) is 7.17. The maximum atomic E-state index is 12.4. The first kappa shape index (κ1) is 15.8. The van der Waals surface area contributed by atoms with E-state index in [1.807, 2.05) is 29.7 Å². The Kier molecular flexibility index (Phi) is 5.38. The van der Waals surface area contributed by atoms with Gasteiger partial charge in [-0.1, -0.05) is 5.16 Å². The summed E-state index contributed by atoms with van der Waals surface area (Å²) in [6.45, 7) is 7.16. The zero-order valence-electron chi connectivity index (χ0n) is 13.1. The molecule has 1 atom stereocenters. The number of aromatic nitrogens is 1. The lowest BCUT2D eigenvalue weighted by atomic mass is 10.2. The van der Waals surface area contributed by atoms with Crippen LogP contribution in [0.3, 0.4) is 0 Å². The summed E-state index contributed by atoms with van der Waals surface area (Å²) in [6.07, 6.45) is 0.633. The number of nitrogens with zero attached hydrogens (tertiary/aromatic N) is 3. The largest absolute Gasteiger partial charge is 0.360 e. The van der Waals surface area contributed by atoms with Crippen LogP contribution in [0.15, 0.2) is 10.6 Å². The molecule has 2 aliphatic rings. The number of nitrogens with one attached hydrogen (secondary N) is 1. The van der Waals surface area contributed by atoms with Gasteiger partial charge in [0.05, 0.1) is 12.2 Å². The van der Waals surface area contributed by atoms with Gasteiger partial charge in [-0.3, -0.25) is 9.69 Å². The number of amides is 1. The Balaban J connectivity index is 1.41. The van der Waals surface area contributed by atoms with E-state index in [0.717, 1.165) is 62.2 Å². The van der Waals surface area contributed by atoms with E-state index in [1.165, 1.54) is 0 Å². The minimum atomic E-state index is 0.287. The monoisotopic (exact) mass is 324 g/mol. The molecule has 7 heteroatoms. The van der Waals surface area contributed by atoms with Crippen LogP contribution in [-0.4, -0.2) is 71.1 Å². The Morgan fingerprint density at radius 3 is 2.91 bits per heavy atom. The Morgan fingerprint density at radius 2 is 2.27 bits per heavy atom. The topological polar surface area (TPSA) is 61.6 Å². The number of carbonyl (C=O) groups excluding carboxylic acids is 1. The van der Waals surface area contributed by atoms with Crippen molar-refractivity contribution in [2.75, 3.05) is 44.2 Å². The molecular weight excluding hydrogens is 300 g/mol. The molecule has 122 valence electrons. The van der Waals surface area contributed by atoms with E-state index in [1.54, 1.807) is 0 Å². The van der Waals surface area contributed by atoms with Crippen molar-refractivity contribution in [3.8, 4) is 0 Å². The maximum Gasteiger partial charge on any atom is 0.224 e. The molecule has 1 aromatic heterocycles. The summed E-state index contributed by atoms with van der Waals surface area (Å²) in [7, 11) is 0. The molecule has 3 rings (SSSR count). The fourth-order valence-corrected chi connectivity index (χ4v) is 3.91. The first-order valence-electron chi connectivity index (χ1n) is 7.94. The van der Waals surface area contributed by atoms with E-state index in [2.05, 4.69) is 15.4 Å². The van der Waals surface area contributed by atoms with Crippen LogP contribution in [-0.2, 0) is 11.3 Å². The first-order chi connectivity index (χ1) is 10.7. The lowest BCUT2D eigenvalue weighted by molar-refractivity contribution is -0.133. The number of hydrogen-bond donors (Lipinski definition) is 1. The molecule has 0 bridgehead atoms. The van der Waals surface area contributed by atoms with Crippen molar-refractivity contribution in [1.82, 2.24) is 20.3 Å². The first-order valence-corrected chi connectivity index (χ1v) is 9.09. The predicted octanol–water partition coefficient (Wildman–Crippen LogP) is 0.722. The van der Waals surface area contributed by atoms with Crippen LogP contribution in [0.25, 0.3) is 0 Å². The highest BCUT2D eigenvalue weighted by molar-refractivity contribution is 7.99. The molecule has 0 spiro atoms. The smallest absolute Gasteiger partial charge is 0.224 e. The van der Waals surface area contributed by atoms with Gasteiger partial charge in [-0.15, -0.1) is 0 Å². The number of aryl methyl sites for hydroxylation is 1. The summed E-state index contributed by atoms with van der Waals surface area (Å²) < 4.78 is 5.26. The zero-order valence-corrected chi connectivity index (χ0v) is 13.9. The predicted molar refractivity (Wildman–Crippen MR) is 86.8 cm³/mol. The van der Waals surface area contributed by atoms with E-state index >= 15 is 0 Å².